The van der Waals surface area contributed by atoms with Gasteiger partial charge in [-0.3, -0.25) is 0 Å². The molecule has 0 unspecified atom stereocenters. The molecule has 0 amide bonds. The summed E-state index contributed by atoms with van der Waals surface area (Å²) in [6.07, 6.45) is 0. The number of benzene rings is 1. The predicted molar refractivity (Wildman–Crippen MR) is 44.3 cm³/mol. The van der Waals surface area contributed by atoms with Crippen molar-refractivity contribution in [2.24, 2.45) is 0 Å². The Morgan fingerprint density at radius 2 is 2.33 bits per heavy atom. The smallest absolute Gasteiger partial charge is 0.143 e. The van der Waals surface area contributed by atoms with Crippen LogP contribution in [0.3, 0.4) is 0 Å². The maximum absolute atomic E-state index is 12.9. The van der Waals surface area contributed by atoms with Crippen molar-refractivity contribution in [3.63, 3.8) is 0 Å². The molecule has 0 aliphatic carbocycles. The molecule has 1 aromatic heterocycles. The van der Waals surface area contributed by atoms with Crippen molar-refractivity contribution < 1.29 is 4.39 Å². The summed E-state index contributed by atoms with van der Waals surface area (Å²) in [5.41, 5.74) is 2.31. The summed E-state index contributed by atoms with van der Waals surface area (Å²) in [6, 6.07) is 4.58. The Balaban J connectivity index is 2.84. The van der Waals surface area contributed by atoms with Gasteiger partial charge in [0.2, 0.25) is 0 Å². The summed E-state index contributed by atoms with van der Waals surface area (Å²) >= 11 is 1.40. The summed E-state index contributed by atoms with van der Waals surface area (Å²) in [5.74, 6) is -0.504. The van der Waals surface area contributed by atoms with Gasteiger partial charge in [0, 0.05) is 6.07 Å². The summed E-state index contributed by atoms with van der Waals surface area (Å²) in [6.45, 7) is 0. The van der Waals surface area contributed by atoms with Crippen LogP contribution in [0.4, 0.5) is 4.39 Å². The standard InChI is InChI=1S/C8H3FN2S/c9-6-2-7-8(12-4-11-7)1-5(6)3-10/h1-2,4H. The van der Waals surface area contributed by atoms with Crippen LogP contribution in [0, 0.1) is 17.1 Å². The summed E-state index contributed by atoms with van der Waals surface area (Å²) in [7, 11) is 0. The van der Waals surface area contributed by atoms with Gasteiger partial charge in [0.1, 0.15) is 11.9 Å². The molecule has 1 heterocycles. The van der Waals surface area contributed by atoms with Gasteiger partial charge in [-0.1, -0.05) is 0 Å². The van der Waals surface area contributed by atoms with Crippen molar-refractivity contribution in [3.05, 3.63) is 29.0 Å². The number of halogens is 1. The minimum atomic E-state index is -0.504. The van der Waals surface area contributed by atoms with E-state index in [2.05, 4.69) is 4.98 Å². The Kier molecular flexibility index (Phi) is 1.52. The molecule has 0 spiro atoms. The van der Waals surface area contributed by atoms with Crippen LogP contribution in [0.5, 0.6) is 0 Å². The van der Waals surface area contributed by atoms with Crippen LogP contribution < -0.4 is 0 Å². The van der Waals surface area contributed by atoms with E-state index in [1.165, 1.54) is 23.5 Å². The monoisotopic (exact) mass is 178 g/mol. The minimum Gasteiger partial charge on any atom is -0.245 e. The van der Waals surface area contributed by atoms with Gasteiger partial charge in [-0.2, -0.15) is 5.26 Å². The van der Waals surface area contributed by atoms with Crippen LogP contribution in [0.25, 0.3) is 10.2 Å². The zero-order chi connectivity index (χ0) is 8.55. The van der Waals surface area contributed by atoms with E-state index in [-0.39, 0.29) is 5.56 Å². The van der Waals surface area contributed by atoms with Crippen LogP contribution in [0.2, 0.25) is 0 Å². The highest BCUT2D eigenvalue weighted by atomic mass is 32.1. The third kappa shape index (κ3) is 0.953. The summed E-state index contributed by atoms with van der Waals surface area (Å²) < 4.78 is 13.8. The van der Waals surface area contributed by atoms with Gasteiger partial charge in [-0.15, -0.1) is 11.3 Å². The molecule has 0 aliphatic rings. The Morgan fingerprint density at radius 3 is 3.08 bits per heavy atom. The molecule has 0 radical (unpaired) electrons. The van der Waals surface area contributed by atoms with Gasteiger partial charge in [0.25, 0.3) is 0 Å². The van der Waals surface area contributed by atoms with Gasteiger partial charge in [-0.05, 0) is 6.07 Å². The highest BCUT2D eigenvalue weighted by Gasteiger charge is 2.04. The average Bonchev–Trinajstić information content (AvgIpc) is 2.49. The van der Waals surface area contributed by atoms with Gasteiger partial charge in [-0.25, -0.2) is 9.37 Å². The lowest BCUT2D eigenvalue weighted by Gasteiger charge is -1.91. The van der Waals surface area contributed by atoms with Crippen molar-refractivity contribution in [2.75, 3.05) is 0 Å². The SMILES string of the molecule is N#Cc1cc2scnc2cc1F. The Bertz CT molecular complexity index is 469. The molecule has 0 saturated carbocycles. The number of nitrogens with zero attached hydrogens (tertiary/aromatic N) is 2. The maximum Gasteiger partial charge on any atom is 0.143 e. The number of rotatable bonds is 0. The van der Waals surface area contributed by atoms with Crippen molar-refractivity contribution in [3.8, 4) is 6.07 Å². The summed E-state index contributed by atoms with van der Waals surface area (Å²) in [4.78, 5) is 3.92. The second-order valence-corrected chi connectivity index (χ2v) is 3.15. The van der Waals surface area contributed by atoms with Crippen LogP contribution in [0.15, 0.2) is 17.6 Å². The zero-order valence-corrected chi connectivity index (χ0v) is 6.73. The number of thiazole rings is 1. The molecule has 58 valence electrons. The molecule has 4 heteroatoms. The van der Waals surface area contributed by atoms with E-state index in [0.717, 1.165) is 4.70 Å². The third-order valence-electron chi connectivity index (χ3n) is 1.54. The molecule has 0 aliphatic heterocycles. The fraction of sp³-hybridized carbons (Fsp3) is 0. The first-order chi connectivity index (χ1) is 5.81. The van der Waals surface area contributed by atoms with Crippen LogP contribution in [-0.4, -0.2) is 4.98 Å². The first kappa shape index (κ1) is 7.19. The molecule has 1 aromatic carbocycles. The largest absolute Gasteiger partial charge is 0.245 e. The predicted octanol–water partition coefficient (Wildman–Crippen LogP) is 2.31. The Labute approximate surface area is 71.9 Å². The van der Waals surface area contributed by atoms with Gasteiger partial charge in [0.05, 0.1) is 21.3 Å². The van der Waals surface area contributed by atoms with Gasteiger partial charge in [0.15, 0.2) is 0 Å². The fourth-order valence-electron chi connectivity index (χ4n) is 0.964. The lowest BCUT2D eigenvalue weighted by Crippen LogP contribution is -1.81. The molecule has 0 fully saturated rings. The fourth-order valence-corrected chi connectivity index (χ4v) is 1.66. The van der Waals surface area contributed by atoms with E-state index in [4.69, 9.17) is 5.26 Å². The molecular formula is C8H3FN2S. The van der Waals surface area contributed by atoms with Gasteiger partial charge < -0.3 is 0 Å². The molecule has 2 aromatic rings. The second kappa shape index (κ2) is 2.54. The normalized spacial score (nSPS) is 10.0. The number of fused-ring (bicyclic) bond motifs is 1. The molecule has 0 atom stereocenters. The third-order valence-corrected chi connectivity index (χ3v) is 2.33. The number of hydrogen-bond donors (Lipinski definition) is 0. The Hall–Kier alpha value is -1.47. The number of aromatic nitrogens is 1. The zero-order valence-electron chi connectivity index (χ0n) is 5.91. The van der Waals surface area contributed by atoms with Crippen LogP contribution in [-0.2, 0) is 0 Å². The lowest BCUT2D eigenvalue weighted by atomic mass is 10.2. The van der Waals surface area contributed by atoms with E-state index < -0.39 is 5.82 Å². The molecule has 2 rings (SSSR count). The lowest BCUT2D eigenvalue weighted by molar-refractivity contribution is 0.625. The van der Waals surface area contributed by atoms with Crippen molar-refractivity contribution in [2.45, 2.75) is 0 Å². The van der Waals surface area contributed by atoms with Crippen LogP contribution >= 0.6 is 11.3 Å². The quantitative estimate of drug-likeness (QED) is 0.620. The van der Waals surface area contributed by atoms with Gasteiger partial charge >= 0.3 is 0 Å². The van der Waals surface area contributed by atoms with E-state index in [0.29, 0.717) is 5.52 Å². The number of hydrogen-bond acceptors (Lipinski definition) is 3. The topological polar surface area (TPSA) is 36.7 Å². The van der Waals surface area contributed by atoms with E-state index in [9.17, 15) is 4.39 Å². The van der Waals surface area contributed by atoms with Crippen molar-refractivity contribution in [1.82, 2.24) is 4.98 Å². The molecule has 0 bridgehead atoms. The molecule has 2 nitrogen and oxygen atoms in total. The first-order valence-corrected chi connectivity index (χ1v) is 4.12. The second-order valence-electron chi connectivity index (χ2n) is 2.26. The average molecular weight is 178 g/mol. The molecule has 12 heavy (non-hydrogen) atoms. The summed E-state index contributed by atoms with van der Waals surface area (Å²) in [5, 5.41) is 8.51. The highest BCUT2D eigenvalue weighted by molar-refractivity contribution is 7.16. The first-order valence-electron chi connectivity index (χ1n) is 3.24. The highest BCUT2D eigenvalue weighted by Crippen LogP contribution is 2.20. The van der Waals surface area contributed by atoms with E-state index in [1.54, 1.807) is 11.6 Å². The van der Waals surface area contributed by atoms with E-state index >= 15 is 0 Å². The molecular weight excluding hydrogens is 175 g/mol. The maximum atomic E-state index is 12.9. The molecule has 0 N–H and O–H groups in total. The van der Waals surface area contributed by atoms with Crippen molar-refractivity contribution >= 4 is 21.6 Å². The molecule has 0 saturated heterocycles. The van der Waals surface area contributed by atoms with Crippen molar-refractivity contribution in [1.29, 1.82) is 5.26 Å². The minimum absolute atomic E-state index is 0.0757. The Morgan fingerprint density at radius 1 is 1.50 bits per heavy atom. The van der Waals surface area contributed by atoms with Crippen LogP contribution in [0.1, 0.15) is 5.56 Å². The number of nitriles is 1. The van der Waals surface area contributed by atoms with E-state index in [1.807, 2.05) is 0 Å².